The van der Waals surface area contributed by atoms with E-state index in [1.807, 2.05) is 22.9 Å². The van der Waals surface area contributed by atoms with Crippen molar-refractivity contribution in [3.05, 3.63) is 44.2 Å². The van der Waals surface area contributed by atoms with E-state index < -0.39 is 0 Å². The van der Waals surface area contributed by atoms with Crippen molar-refractivity contribution in [2.45, 2.75) is 11.7 Å². The van der Waals surface area contributed by atoms with Crippen LogP contribution in [0, 0.1) is 0 Å². The molecule has 0 unspecified atom stereocenters. The third-order valence-electron chi connectivity index (χ3n) is 3.39. The number of thioether (sulfide) groups is 1. The summed E-state index contributed by atoms with van der Waals surface area (Å²) >= 11 is 4.37. The molecule has 3 heterocycles. The van der Waals surface area contributed by atoms with Crippen LogP contribution in [0.1, 0.15) is 4.88 Å². The third-order valence-corrected chi connectivity index (χ3v) is 6.07. The van der Waals surface area contributed by atoms with Gasteiger partial charge in [0.15, 0.2) is 5.16 Å². The van der Waals surface area contributed by atoms with Gasteiger partial charge < -0.3 is 4.90 Å². The third kappa shape index (κ3) is 3.49. The summed E-state index contributed by atoms with van der Waals surface area (Å²) in [5, 5.41) is 5.05. The van der Waals surface area contributed by atoms with Crippen molar-refractivity contribution < 1.29 is 4.79 Å². The smallest absolute Gasteiger partial charge is 0.262 e. The Morgan fingerprint density at radius 2 is 2.17 bits per heavy atom. The van der Waals surface area contributed by atoms with Crippen LogP contribution in [0.5, 0.6) is 0 Å². The first-order valence-corrected chi connectivity index (χ1v) is 9.64. The van der Waals surface area contributed by atoms with Gasteiger partial charge in [-0.2, -0.15) is 0 Å². The second kappa shape index (κ2) is 6.86. The van der Waals surface area contributed by atoms with E-state index in [4.69, 9.17) is 0 Å². The lowest BCUT2D eigenvalue weighted by atomic mass is 10.4. The maximum absolute atomic E-state index is 12.2. The predicted molar refractivity (Wildman–Crippen MR) is 96.4 cm³/mol. The summed E-state index contributed by atoms with van der Waals surface area (Å²) in [6, 6.07) is 5.77. The Morgan fingerprint density at radius 1 is 1.35 bits per heavy atom. The van der Waals surface area contributed by atoms with Crippen molar-refractivity contribution in [3.63, 3.8) is 0 Å². The normalized spacial score (nSPS) is 11.0. The lowest BCUT2D eigenvalue weighted by molar-refractivity contribution is -0.127. The fourth-order valence-corrected chi connectivity index (χ4v) is 4.55. The molecule has 3 aromatic heterocycles. The van der Waals surface area contributed by atoms with Crippen LogP contribution < -0.4 is 5.56 Å². The number of hydrogen-bond donors (Lipinski definition) is 0. The van der Waals surface area contributed by atoms with Crippen molar-refractivity contribution in [3.8, 4) is 0 Å². The van der Waals surface area contributed by atoms with E-state index in [-0.39, 0.29) is 17.2 Å². The maximum Gasteiger partial charge on any atom is 0.262 e. The SMILES string of the molecule is CN(Cc1cccs1)C(=O)CSc1nc2sccc2c(=O)n1C. The molecule has 0 aliphatic heterocycles. The van der Waals surface area contributed by atoms with Gasteiger partial charge in [-0.05, 0) is 22.9 Å². The van der Waals surface area contributed by atoms with Crippen molar-refractivity contribution in [1.29, 1.82) is 0 Å². The van der Waals surface area contributed by atoms with Crippen LogP contribution in [0.4, 0.5) is 0 Å². The van der Waals surface area contributed by atoms with E-state index in [0.717, 1.165) is 9.71 Å². The Bertz CT molecular complexity index is 883. The van der Waals surface area contributed by atoms with Crippen molar-refractivity contribution >= 4 is 50.6 Å². The first-order valence-electron chi connectivity index (χ1n) is 6.89. The molecular formula is C15H15N3O2S3. The first kappa shape index (κ1) is 16.2. The van der Waals surface area contributed by atoms with E-state index >= 15 is 0 Å². The zero-order valence-electron chi connectivity index (χ0n) is 12.7. The number of carbonyl (C=O) groups excluding carboxylic acids is 1. The van der Waals surface area contributed by atoms with Crippen LogP contribution in [0.15, 0.2) is 38.9 Å². The van der Waals surface area contributed by atoms with Crippen LogP contribution in [0.25, 0.3) is 10.2 Å². The van der Waals surface area contributed by atoms with Gasteiger partial charge in [0.1, 0.15) is 4.83 Å². The minimum atomic E-state index is -0.0712. The molecule has 23 heavy (non-hydrogen) atoms. The van der Waals surface area contributed by atoms with Gasteiger partial charge in [0.2, 0.25) is 5.91 Å². The quantitative estimate of drug-likeness (QED) is 0.515. The van der Waals surface area contributed by atoms with Crippen LogP contribution in [-0.4, -0.2) is 33.2 Å². The van der Waals surface area contributed by atoms with E-state index in [1.54, 1.807) is 36.4 Å². The highest BCUT2D eigenvalue weighted by molar-refractivity contribution is 7.99. The summed E-state index contributed by atoms with van der Waals surface area (Å²) < 4.78 is 1.51. The molecule has 0 saturated heterocycles. The van der Waals surface area contributed by atoms with E-state index in [2.05, 4.69) is 4.98 Å². The summed E-state index contributed by atoms with van der Waals surface area (Å²) in [7, 11) is 3.48. The lowest BCUT2D eigenvalue weighted by Gasteiger charge is -2.16. The zero-order chi connectivity index (χ0) is 16.4. The number of aromatic nitrogens is 2. The molecule has 3 rings (SSSR count). The van der Waals surface area contributed by atoms with Crippen molar-refractivity contribution in [2.75, 3.05) is 12.8 Å². The van der Waals surface area contributed by atoms with Gasteiger partial charge >= 0.3 is 0 Å². The fourth-order valence-electron chi connectivity index (χ4n) is 2.07. The van der Waals surface area contributed by atoms with Crippen LogP contribution in [0.3, 0.4) is 0 Å². The highest BCUT2D eigenvalue weighted by Gasteiger charge is 2.14. The van der Waals surface area contributed by atoms with E-state index in [0.29, 0.717) is 17.1 Å². The van der Waals surface area contributed by atoms with Crippen LogP contribution in [-0.2, 0) is 18.4 Å². The molecule has 0 aliphatic rings. The fraction of sp³-hybridized carbons (Fsp3) is 0.267. The highest BCUT2D eigenvalue weighted by atomic mass is 32.2. The Labute approximate surface area is 145 Å². The molecule has 0 atom stereocenters. The molecule has 8 heteroatoms. The van der Waals surface area contributed by atoms with E-state index in [9.17, 15) is 9.59 Å². The van der Waals surface area contributed by atoms with Gasteiger partial charge in [-0.3, -0.25) is 14.2 Å². The standard InChI is InChI=1S/C15H15N3O2S3/c1-17(8-10-4-3-6-21-10)12(19)9-23-15-16-13-11(5-7-22-13)14(20)18(15)2/h3-7H,8-9H2,1-2H3. The molecule has 1 amide bonds. The van der Waals surface area contributed by atoms with Crippen molar-refractivity contribution in [1.82, 2.24) is 14.5 Å². The number of thiophene rings is 2. The summed E-state index contributed by atoms with van der Waals surface area (Å²) in [5.74, 6) is 0.280. The summed E-state index contributed by atoms with van der Waals surface area (Å²) in [4.78, 5) is 32.5. The molecule has 0 bridgehead atoms. The largest absolute Gasteiger partial charge is 0.340 e. The van der Waals surface area contributed by atoms with Gasteiger partial charge in [-0.15, -0.1) is 22.7 Å². The van der Waals surface area contributed by atoms with Gasteiger partial charge in [0.05, 0.1) is 17.7 Å². The number of amides is 1. The second-order valence-corrected chi connectivity index (χ2v) is 7.89. The molecule has 0 N–H and O–H groups in total. The van der Waals surface area contributed by atoms with E-state index in [1.165, 1.54) is 27.7 Å². The molecule has 0 saturated carbocycles. The second-order valence-electron chi connectivity index (χ2n) is 5.02. The monoisotopic (exact) mass is 365 g/mol. The average Bonchev–Trinajstić information content (AvgIpc) is 3.20. The minimum absolute atomic E-state index is 0.0175. The summed E-state index contributed by atoms with van der Waals surface area (Å²) in [6.45, 7) is 0.605. The number of nitrogens with zero attached hydrogens (tertiary/aromatic N) is 3. The Hall–Kier alpha value is -1.64. The van der Waals surface area contributed by atoms with Gasteiger partial charge in [0.25, 0.3) is 5.56 Å². The molecule has 0 aliphatic carbocycles. The van der Waals surface area contributed by atoms with Gasteiger partial charge in [-0.25, -0.2) is 4.98 Å². The Kier molecular flexibility index (Phi) is 4.84. The molecule has 0 fully saturated rings. The zero-order valence-corrected chi connectivity index (χ0v) is 15.1. The molecule has 3 aromatic rings. The minimum Gasteiger partial charge on any atom is -0.340 e. The molecular weight excluding hydrogens is 350 g/mol. The molecule has 0 aromatic carbocycles. The number of rotatable bonds is 5. The molecule has 0 spiro atoms. The molecule has 0 radical (unpaired) electrons. The first-order chi connectivity index (χ1) is 11.1. The van der Waals surface area contributed by atoms with Crippen LogP contribution in [0.2, 0.25) is 0 Å². The van der Waals surface area contributed by atoms with Gasteiger partial charge in [0, 0.05) is 19.0 Å². The maximum atomic E-state index is 12.2. The summed E-state index contributed by atoms with van der Waals surface area (Å²) in [6.07, 6.45) is 0. The molecule has 5 nitrogen and oxygen atoms in total. The Balaban J connectivity index is 1.69. The van der Waals surface area contributed by atoms with Crippen molar-refractivity contribution in [2.24, 2.45) is 7.05 Å². The topological polar surface area (TPSA) is 55.2 Å². The Morgan fingerprint density at radius 3 is 2.91 bits per heavy atom. The highest BCUT2D eigenvalue weighted by Crippen LogP contribution is 2.21. The average molecular weight is 366 g/mol. The lowest BCUT2D eigenvalue weighted by Crippen LogP contribution is -2.28. The summed E-state index contributed by atoms with van der Waals surface area (Å²) in [5.41, 5.74) is -0.0712. The predicted octanol–water partition coefficient (Wildman–Crippen LogP) is 2.81. The number of fused-ring (bicyclic) bond motifs is 1. The molecule has 120 valence electrons. The van der Waals surface area contributed by atoms with Gasteiger partial charge in [-0.1, -0.05) is 17.8 Å². The number of hydrogen-bond acceptors (Lipinski definition) is 6. The number of carbonyl (C=O) groups is 1. The van der Waals surface area contributed by atoms with Crippen LogP contribution >= 0.6 is 34.4 Å².